The molecule has 0 aromatic carbocycles. The second-order valence-electron chi connectivity index (χ2n) is 4.68. The fourth-order valence-electron chi connectivity index (χ4n) is 1.98. The summed E-state index contributed by atoms with van der Waals surface area (Å²) >= 11 is 1.68. The summed E-state index contributed by atoms with van der Waals surface area (Å²) in [5, 5.41) is 12.6. The number of hydrogen-bond donors (Lipinski definition) is 1. The molecule has 0 fully saturated rings. The van der Waals surface area contributed by atoms with E-state index in [4.69, 9.17) is 0 Å². The zero-order chi connectivity index (χ0) is 14.5. The van der Waals surface area contributed by atoms with E-state index in [1.807, 2.05) is 41.1 Å². The summed E-state index contributed by atoms with van der Waals surface area (Å²) in [6, 6.07) is 10.0. The quantitative estimate of drug-likeness (QED) is 0.708. The maximum atomic E-state index is 4.32. The zero-order valence-corrected chi connectivity index (χ0v) is 12.7. The molecule has 0 unspecified atom stereocenters. The molecule has 3 rings (SSSR count). The van der Waals surface area contributed by atoms with Crippen molar-refractivity contribution in [3.8, 4) is 0 Å². The van der Waals surface area contributed by atoms with Crippen molar-refractivity contribution < 1.29 is 0 Å². The average Bonchev–Trinajstić information content (AvgIpc) is 2.95. The van der Waals surface area contributed by atoms with E-state index in [1.165, 1.54) is 5.56 Å². The van der Waals surface area contributed by atoms with Gasteiger partial charge in [-0.3, -0.25) is 4.40 Å². The van der Waals surface area contributed by atoms with Crippen molar-refractivity contribution in [1.29, 1.82) is 0 Å². The number of anilines is 1. The predicted molar refractivity (Wildman–Crippen MR) is 85.6 cm³/mol. The molecule has 6 heteroatoms. The summed E-state index contributed by atoms with van der Waals surface area (Å²) < 4.78 is 2.00. The van der Waals surface area contributed by atoms with Gasteiger partial charge in [-0.1, -0.05) is 24.8 Å². The standard InChI is InChI=1S/C15H17N5S/c1-2-7-16-13-10-12(6-8-17-13)11-21-15-19-18-14-5-3-4-9-20(14)15/h3-6,8-10H,2,7,11H2,1H3,(H,16,17). The Balaban J connectivity index is 1.70. The lowest BCUT2D eigenvalue weighted by Crippen LogP contribution is -2.01. The van der Waals surface area contributed by atoms with E-state index < -0.39 is 0 Å². The van der Waals surface area contributed by atoms with Crippen molar-refractivity contribution in [3.63, 3.8) is 0 Å². The Morgan fingerprint density at radius 2 is 2.19 bits per heavy atom. The Hall–Kier alpha value is -2.08. The summed E-state index contributed by atoms with van der Waals surface area (Å²) in [6.45, 7) is 3.08. The van der Waals surface area contributed by atoms with Gasteiger partial charge in [-0.2, -0.15) is 0 Å². The number of rotatable bonds is 6. The molecule has 0 amide bonds. The summed E-state index contributed by atoms with van der Waals surface area (Å²) in [6.07, 6.45) is 4.92. The molecule has 21 heavy (non-hydrogen) atoms. The number of hydrogen-bond acceptors (Lipinski definition) is 5. The van der Waals surface area contributed by atoms with E-state index in [2.05, 4.69) is 33.5 Å². The molecular formula is C15H17N5S. The van der Waals surface area contributed by atoms with Crippen molar-refractivity contribution in [2.75, 3.05) is 11.9 Å². The molecule has 0 aliphatic heterocycles. The van der Waals surface area contributed by atoms with Gasteiger partial charge >= 0.3 is 0 Å². The van der Waals surface area contributed by atoms with Gasteiger partial charge in [0, 0.05) is 24.7 Å². The highest BCUT2D eigenvalue weighted by atomic mass is 32.2. The normalized spacial score (nSPS) is 10.9. The topological polar surface area (TPSA) is 55.1 Å². The maximum absolute atomic E-state index is 4.32. The maximum Gasteiger partial charge on any atom is 0.195 e. The first kappa shape index (κ1) is 13.9. The summed E-state index contributed by atoms with van der Waals surface area (Å²) in [4.78, 5) is 4.32. The first-order valence-electron chi connectivity index (χ1n) is 6.98. The molecule has 5 nitrogen and oxygen atoms in total. The van der Waals surface area contributed by atoms with Gasteiger partial charge in [-0.25, -0.2) is 4.98 Å². The minimum atomic E-state index is 0.846. The van der Waals surface area contributed by atoms with Crippen molar-refractivity contribution in [2.24, 2.45) is 0 Å². The van der Waals surface area contributed by atoms with Gasteiger partial charge in [0.1, 0.15) is 5.82 Å². The molecule has 0 spiro atoms. The van der Waals surface area contributed by atoms with E-state index >= 15 is 0 Å². The van der Waals surface area contributed by atoms with Crippen LogP contribution in [0, 0.1) is 0 Å². The Morgan fingerprint density at radius 3 is 3.10 bits per heavy atom. The lowest BCUT2D eigenvalue weighted by molar-refractivity contribution is 0.921. The van der Waals surface area contributed by atoms with E-state index in [0.29, 0.717) is 0 Å². The minimum absolute atomic E-state index is 0.846. The summed E-state index contributed by atoms with van der Waals surface area (Å²) in [7, 11) is 0. The SMILES string of the molecule is CCCNc1cc(CSc2nnc3ccccn23)ccn1. The third kappa shape index (κ3) is 3.33. The Morgan fingerprint density at radius 1 is 1.24 bits per heavy atom. The van der Waals surface area contributed by atoms with Crippen LogP contribution in [0.15, 0.2) is 47.9 Å². The van der Waals surface area contributed by atoms with Crippen LogP contribution in [0.25, 0.3) is 5.65 Å². The molecule has 0 bridgehead atoms. The lowest BCUT2D eigenvalue weighted by Gasteiger charge is -2.05. The van der Waals surface area contributed by atoms with E-state index in [9.17, 15) is 0 Å². The van der Waals surface area contributed by atoms with Gasteiger partial charge in [-0.05, 0) is 36.2 Å². The fourth-order valence-corrected chi connectivity index (χ4v) is 2.85. The number of pyridine rings is 2. The first-order valence-corrected chi connectivity index (χ1v) is 7.97. The van der Waals surface area contributed by atoms with Crippen LogP contribution in [-0.2, 0) is 5.75 Å². The molecule has 0 aliphatic rings. The third-order valence-electron chi connectivity index (χ3n) is 3.03. The molecule has 0 radical (unpaired) electrons. The minimum Gasteiger partial charge on any atom is -0.370 e. The molecule has 1 N–H and O–H groups in total. The highest BCUT2D eigenvalue weighted by molar-refractivity contribution is 7.98. The number of nitrogens with zero attached hydrogens (tertiary/aromatic N) is 4. The Kier molecular flexibility index (Phi) is 4.35. The first-order chi connectivity index (χ1) is 10.4. The molecule has 108 valence electrons. The molecule has 0 atom stereocenters. The second-order valence-corrected chi connectivity index (χ2v) is 5.62. The molecule has 0 saturated heterocycles. The third-order valence-corrected chi connectivity index (χ3v) is 4.05. The van der Waals surface area contributed by atoms with Crippen molar-refractivity contribution >= 4 is 23.2 Å². The van der Waals surface area contributed by atoms with Gasteiger partial charge < -0.3 is 5.32 Å². The van der Waals surface area contributed by atoms with Gasteiger partial charge in [0.25, 0.3) is 0 Å². The van der Waals surface area contributed by atoms with E-state index in [1.54, 1.807) is 11.8 Å². The molecular weight excluding hydrogens is 282 g/mol. The van der Waals surface area contributed by atoms with Crippen molar-refractivity contribution in [2.45, 2.75) is 24.3 Å². The monoisotopic (exact) mass is 299 g/mol. The van der Waals surface area contributed by atoms with Gasteiger partial charge in [0.15, 0.2) is 10.8 Å². The number of thioether (sulfide) groups is 1. The van der Waals surface area contributed by atoms with Crippen LogP contribution in [0.2, 0.25) is 0 Å². The van der Waals surface area contributed by atoms with Crippen LogP contribution in [0.1, 0.15) is 18.9 Å². The highest BCUT2D eigenvalue weighted by Crippen LogP contribution is 2.22. The van der Waals surface area contributed by atoms with Crippen molar-refractivity contribution in [1.82, 2.24) is 19.6 Å². The molecule has 3 heterocycles. The Labute approximate surface area is 127 Å². The van der Waals surface area contributed by atoms with E-state index in [-0.39, 0.29) is 0 Å². The van der Waals surface area contributed by atoms with Crippen LogP contribution >= 0.6 is 11.8 Å². The van der Waals surface area contributed by atoms with Gasteiger partial charge in [0.05, 0.1) is 0 Å². The van der Waals surface area contributed by atoms with Gasteiger partial charge in [-0.15, -0.1) is 10.2 Å². The number of aromatic nitrogens is 4. The van der Waals surface area contributed by atoms with Crippen LogP contribution < -0.4 is 5.32 Å². The van der Waals surface area contributed by atoms with Crippen LogP contribution in [0.5, 0.6) is 0 Å². The molecule has 0 saturated carbocycles. The smallest absolute Gasteiger partial charge is 0.195 e. The Bertz CT molecular complexity index is 725. The average molecular weight is 299 g/mol. The van der Waals surface area contributed by atoms with E-state index in [0.717, 1.165) is 35.3 Å². The number of fused-ring (bicyclic) bond motifs is 1. The van der Waals surface area contributed by atoms with Crippen LogP contribution in [0.4, 0.5) is 5.82 Å². The molecule has 3 aromatic rings. The number of nitrogens with one attached hydrogen (secondary N) is 1. The zero-order valence-electron chi connectivity index (χ0n) is 11.9. The largest absolute Gasteiger partial charge is 0.370 e. The highest BCUT2D eigenvalue weighted by Gasteiger charge is 2.06. The fraction of sp³-hybridized carbons (Fsp3) is 0.267. The molecule has 3 aromatic heterocycles. The van der Waals surface area contributed by atoms with Crippen molar-refractivity contribution in [3.05, 3.63) is 48.3 Å². The summed E-state index contributed by atoms with van der Waals surface area (Å²) in [5.74, 6) is 1.78. The molecule has 0 aliphatic carbocycles. The summed E-state index contributed by atoms with van der Waals surface area (Å²) in [5.41, 5.74) is 2.10. The predicted octanol–water partition coefficient (Wildman–Crippen LogP) is 3.24. The van der Waals surface area contributed by atoms with Crippen LogP contribution in [0.3, 0.4) is 0 Å². The van der Waals surface area contributed by atoms with Crippen LogP contribution in [-0.4, -0.2) is 26.1 Å². The van der Waals surface area contributed by atoms with Gasteiger partial charge in [0.2, 0.25) is 0 Å². The lowest BCUT2D eigenvalue weighted by atomic mass is 10.3. The second kappa shape index (κ2) is 6.58.